The van der Waals surface area contributed by atoms with E-state index in [0.29, 0.717) is 15.6 Å². The number of halogens is 6. The fraction of sp³-hybridized carbons (Fsp3) is 0.0588. The summed E-state index contributed by atoms with van der Waals surface area (Å²) >= 11 is 18.8. The zero-order chi connectivity index (χ0) is 19.8. The van der Waals surface area contributed by atoms with Crippen molar-refractivity contribution in [3.63, 3.8) is 0 Å². The van der Waals surface area contributed by atoms with E-state index in [-0.39, 0.29) is 20.8 Å². The third kappa shape index (κ3) is 4.79. The lowest BCUT2D eigenvalue weighted by atomic mass is 10.2. The van der Waals surface area contributed by atoms with Crippen LogP contribution in [-0.2, 0) is 11.0 Å². The van der Waals surface area contributed by atoms with Crippen LogP contribution in [0.15, 0.2) is 46.3 Å². The maximum atomic E-state index is 12.8. The Hall–Kier alpha value is -1.67. The van der Waals surface area contributed by atoms with Crippen LogP contribution in [0.1, 0.15) is 11.1 Å². The Bertz CT molecular complexity index is 990. The van der Waals surface area contributed by atoms with Crippen molar-refractivity contribution in [2.24, 2.45) is 4.99 Å². The first kappa shape index (κ1) is 20.1. The second kappa shape index (κ2) is 7.75. The summed E-state index contributed by atoms with van der Waals surface area (Å²) in [4.78, 5) is 16.4. The monoisotopic (exact) mass is 450 g/mol. The number of benzene rings is 2. The number of carbonyl (C=O) groups excluding carboxylic acids is 1. The average Bonchev–Trinajstić information content (AvgIpc) is 2.90. The Balaban J connectivity index is 1.90. The molecule has 1 aliphatic rings. The molecule has 0 unspecified atom stereocenters. The highest BCUT2D eigenvalue weighted by atomic mass is 35.5. The third-order valence-corrected chi connectivity index (χ3v) is 5.19. The molecule has 140 valence electrons. The van der Waals surface area contributed by atoms with Crippen molar-refractivity contribution in [2.75, 3.05) is 0 Å². The van der Waals surface area contributed by atoms with E-state index < -0.39 is 17.6 Å². The van der Waals surface area contributed by atoms with Crippen molar-refractivity contribution < 1.29 is 18.0 Å². The van der Waals surface area contributed by atoms with Gasteiger partial charge in [0.1, 0.15) is 0 Å². The predicted octanol–water partition coefficient (Wildman–Crippen LogP) is 6.56. The minimum Gasteiger partial charge on any atom is -0.300 e. The minimum absolute atomic E-state index is 0.0310. The quantitative estimate of drug-likeness (QED) is 0.526. The number of amides is 1. The fourth-order valence-electron chi connectivity index (χ4n) is 2.12. The normalized spacial score (nSPS) is 17.6. The van der Waals surface area contributed by atoms with Gasteiger partial charge in [0.2, 0.25) is 0 Å². The molecule has 0 spiro atoms. The lowest BCUT2D eigenvalue weighted by Crippen LogP contribution is -2.19. The topological polar surface area (TPSA) is 41.5 Å². The summed E-state index contributed by atoms with van der Waals surface area (Å²) in [6.07, 6.45) is -2.99. The number of alkyl halides is 3. The first-order valence-corrected chi connectivity index (χ1v) is 9.20. The first-order valence-electron chi connectivity index (χ1n) is 7.25. The highest BCUT2D eigenvalue weighted by Crippen LogP contribution is 2.37. The molecule has 0 radical (unpaired) electrons. The van der Waals surface area contributed by atoms with Crippen LogP contribution in [0.4, 0.5) is 18.9 Å². The third-order valence-electron chi connectivity index (χ3n) is 3.40. The fourth-order valence-corrected chi connectivity index (χ4v) is 3.57. The number of nitrogens with one attached hydrogen (secondary N) is 1. The Morgan fingerprint density at radius 2 is 1.78 bits per heavy atom. The van der Waals surface area contributed by atoms with E-state index in [1.54, 1.807) is 12.1 Å². The molecule has 1 aliphatic heterocycles. The summed E-state index contributed by atoms with van der Waals surface area (Å²) in [6.45, 7) is 0. The molecule has 0 aromatic heterocycles. The molecule has 2 aromatic rings. The van der Waals surface area contributed by atoms with Crippen LogP contribution in [0.2, 0.25) is 15.1 Å². The summed E-state index contributed by atoms with van der Waals surface area (Å²) in [6, 6.07) is 7.58. The molecule has 1 heterocycles. The summed E-state index contributed by atoms with van der Waals surface area (Å²) in [5, 5.41) is 3.43. The molecule has 1 amide bonds. The van der Waals surface area contributed by atoms with E-state index >= 15 is 0 Å². The number of aliphatic imine (C=N–C) groups is 1. The van der Waals surface area contributed by atoms with E-state index in [0.717, 1.165) is 30.0 Å². The predicted molar refractivity (Wildman–Crippen MR) is 104 cm³/mol. The molecule has 27 heavy (non-hydrogen) atoms. The van der Waals surface area contributed by atoms with Gasteiger partial charge in [-0.2, -0.15) is 13.2 Å². The van der Waals surface area contributed by atoms with Crippen molar-refractivity contribution in [1.82, 2.24) is 5.32 Å². The van der Waals surface area contributed by atoms with Gasteiger partial charge in [0.15, 0.2) is 5.17 Å². The van der Waals surface area contributed by atoms with E-state index in [9.17, 15) is 18.0 Å². The molecular formula is C17H8Cl3F3N2OS. The number of rotatable bonds is 2. The summed E-state index contributed by atoms with van der Waals surface area (Å²) in [7, 11) is 0. The van der Waals surface area contributed by atoms with Crippen LogP contribution in [0.3, 0.4) is 0 Å². The summed E-state index contributed by atoms with van der Waals surface area (Å²) in [5.41, 5.74) is -0.415. The Labute approximate surface area is 171 Å². The molecule has 0 bridgehead atoms. The highest BCUT2D eigenvalue weighted by Gasteiger charge is 2.31. The molecule has 3 nitrogen and oxygen atoms in total. The van der Waals surface area contributed by atoms with Crippen molar-refractivity contribution in [3.05, 3.63) is 67.5 Å². The number of nitrogens with zero attached hydrogens (tertiary/aromatic N) is 1. The Morgan fingerprint density at radius 3 is 2.44 bits per heavy atom. The molecule has 10 heteroatoms. The zero-order valence-electron chi connectivity index (χ0n) is 13.1. The molecule has 3 rings (SSSR count). The Kier molecular flexibility index (Phi) is 5.76. The number of hydrogen-bond donors (Lipinski definition) is 1. The molecule has 2 aromatic carbocycles. The van der Waals surface area contributed by atoms with Crippen LogP contribution in [0.5, 0.6) is 0 Å². The Morgan fingerprint density at radius 1 is 1.04 bits per heavy atom. The number of carbonyl (C=O) groups is 1. The van der Waals surface area contributed by atoms with Crippen LogP contribution < -0.4 is 5.32 Å². The summed E-state index contributed by atoms with van der Waals surface area (Å²) < 4.78 is 38.5. The lowest BCUT2D eigenvalue weighted by molar-refractivity contribution is -0.137. The first-order chi connectivity index (χ1) is 12.6. The van der Waals surface area contributed by atoms with Gasteiger partial charge in [-0.05, 0) is 53.7 Å². The maximum absolute atomic E-state index is 12.8. The van der Waals surface area contributed by atoms with Gasteiger partial charge in [0.05, 0.1) is 21.2 Å². The van der Waals surface area contributed by atoms with Crippen molar-refractivity contribution in [1.29, 1.82) is 0 Å². The van der Waals surface area contributed by atoms with Crippen LogP contribution >= 0.6 is 46.6 Å². The van der Waals surface area contributed by atoms with Gasteiger partial charge in [-0.15, -0.1) is 0 Å². The van der Waals surface area contributed by atoms with Crippen molar-refractivity contribution in [3.8, 4) is 0 Å². The highest BCUT2D eigenvalue weighted by molar-refractivity contribution is 8.18. The second-order valence-electron chi connectivity index (χ2n) is 5.31. The average molecular weight is 452 g/mol. The summed E-state index contributed by atoms with van der Waals surface area (Å²) in [5.74, 6) is -0.451. The van der Waals surface area contributed by atoms with E-state index in [4.69, 9.17) is 34.8 Å². The SMILES string of the molecule is O=C1NC(=Nc2cc(C(F)(F)F)ccc2Cl)SC1=Cc1ccc(Cl)cc1Cl. The molecule has 0 atom stereocenters. The minimum atomic E-state index is -4.53. The van der Waals surface area contributed by atoms with Crippen molar-refractivity contribution in [2.45, 2.75) is 6.18 Å². The molecule has 1 fully saturated rings. The van der Waals surface area contributed by atoms with Gasteiger partial charge < -0.3 is 5.32 Å². The zero-order valence-corrected chi connectivity index (χ0v) is 16.2. The van der Waals surface area contributed by atoms with E-state index in [1.807, 2.05) is 0 Å². The van der Waals surface area contributed by atoms with E-state index in [1.165, 1.54) is 12.1 Å². The lowest BCUT2D eigenvalue weighted by Gasteiger charge is -2.08. The van der Waals surface area contributed by atoms with Gasteiger partial charge in [0, 0.05) is 10.0 Å². The second-order valence-corrected chi connectivity index (χ2v) is 7.59. The molecule has 1 saturated heterocycles. The largest absolute Gasteiger partial charge is 0.416 e. The number of thioether (sulfide) groups is 1. The van der Waals surface area contributed by atoms with Crippen LogP contribution in [0, 0.1) is 0 Å². The maximum Gasteiger partial charge on any atom is 0.416 e. The van der Waals surface area contributed by atoms with Gasteiger partial charge in [-0.1, -0.05) is 40.9 Å². The smallest absolute Gasteiger partial charge is 0.300 e. The van der Waals surface area contributed by atoms with Gasteiger partial charge in [-0.3, -0.25) is 4.79 Å². The van der Waals surface area contributed by atoms with Crippen LogP contribution in [0.25, 0.3) is 6.08 Å². The molecule has 1 N–H and O–H groups in total. The van der Waals surface area contributed by atoms with Gasteiger partial charge >= 0.3 is 6.18 Å². The van der Waals surface area contributed by atoms with Crippen molar-refractivity contribution >= 4 is 69.4 Å². The van der Waals surface area contributed by atoms with E-state index in [2.05, 4.69) is 10.3 Å². The standard InChI is InChI=1S/C17H8Cl3F3N2OS/c18-10-3-1-8(12(20)7-10)5-14-15(26)25-16(27-14)24-13-6-9(17(21,22)23)2-4-11(13)19/h1-7H,(H,24,25,26). The number of amidine groups is 1. The molecule has 0 saturated carbocycles. The van der Waals surface area contributed by atoms with Crippen LogP contribution in [-0.4, -0.2) is 11.1 Å². The van der Waals surface area contributed by atoms with Gasteiger partial charge in [-0.25, -0.2) is 4.99 Å². The molecular weight excluding hydrogens is 444 g/mol. The number of hydrogen-bond acceptors (Lipinski definition) is 3. The molecule has 0 aliphatic carbocycles. The van der Waals surface area contributed by atoms with Gasteiger partial charge in [0.25, 0.3) is 5.91 Å².